The van der Waals surface area contributed by atoms with E-state index in [0.717, 1.165) is 5.56 Å². The van der Waals surface area contributed by atoms with E-state index >= 15 is 0 Å². The first-order valence-electron chi connectivity index (χ1n) is 11.3. The van der Waals surface area contributed by atoms with E-state index in [-0.39, 0.29) is 37.1 Å². The Balaban J connectivity index is 1.81. The van der Waals surface area contributed by atoms with E-state index in [1.165, 1.54) is 11.2 Å². The number of hydrogen-bond donors (Lipinski definition) is 2. The van der Waals surface area contributed by atoms with Crippen molar-refractivity contribution in [2.24, 2.45) is 0 Å². The molecule has 0 aliphatic carbocycles. The predicted octanol–water partition coefficient (Wildman–Crippen LogP) is 3.23. The molecule has 3 rings (SSSR count). The van der Waals surface area contributed by atoms with Gasteiger partial charge in [-0.05, 0) is 36.8 Å². The number of rotatable bonds is 12. The number of hydrogen-bond acceptors (Lipinski definition) is 6. The van der Waals surface area contributed by atoms with Gasteiger partial charge in [0.1, 0.15) is 17.6 Å². The van der Waals surface area contributed by atoms with Crippen LogP contribution in [0.25, 0.3) is 0 Å². The molecule has 0 saturated carbocycles. The molecular weight excluding hydrogens is 448 g/mol. The molecule has 1 aromatic carbocycles. The first kappa shape index (κ1) is 25.6. The summed E-state index contributed by atoms with van der Waals surface area (Å²) < 4.78 is 10.5. The summed E-state index contributed by atoms with van der Waals surface area (Å²) in [7, 11) is 1.55. The number of methoxy groups -OCH3 is 1. The van der Waals surface area contributed by atoms with Crippen LogP contribution in [0.15, 0.2) is 71.5 Å². The van der Waals surface area contributed by atoms with E-state index in [4.69, 9.17) is 9.15 Å². The molecule has 0 spiro atoms. The topological polar surface area (TPSA) is 114 Å². The minimum Gasteiger partial charge on any atom is -0.467 e. The Morgan fingerprint density at radius 2 is 1.86 bits per heavy atom. The predicted molar refractivity (Wildman–Crippen MR) is 130 cm³/mol. The highest BCUT2D eigenvalue weighted by Gasteiger charge is 2.32. The third-order valence-electron chi connectivity index (χ3n) is 5.28. The number of nitrogens with one attached hydrogen (secondary N) is 2. The van der Waals surface area contributed by atoms with Crippen molar-refractivity contribution in [3.05, 3.63) is 83.9 Å². The summed E-state index contributed by atoms with van der Waals surface area (Å²) >= 11 is 0. The van der Waals surface area contributed by atoms with Crippen LogP contribution in [0.2, 0.25) is 0 Å². The van der Waals surface area contributed by atoms with Gasteiger partial charge in [-0.15, -0.1) is 0 Å². The molecule has 0 aliphatic heterocycles. The molecule has 2 aromatic heterocycles. The zero-order chi connectivity index (χ0) is 25.0. The van der Waals surface area contributed by atoms with Crippen LogP contribution >= 0.6 is 0 Å². The third kappa shape index (κ3) is 7.79. The Hall–Kier alpha value is -3.98. The van der Waals surface area contributed by atoms with Crippen molar-refractivity contribution in [2.75, 3.05) is 25.6 Å². The third-order valence-corrected chi connectivity index (χ3v) is 5.28. The summed E-state index contributed by atoms with van der Waals surface area (Å²) in [6.07, 6.45) is 2.93. The first-order chi connectivity index (χ1) is 17.0. The van der Waals surface area contributed by atoms with Crippen molar-refractivity contribution in [1.82, 2.24) is 15.2 Å². The van der Waals surface area contributed by atoms with E-state index < -0.39 is 6.04 Å². The summed E-state index contributed by atoms with van der Waals surface area (Å²) in [5, 5.41) is 5.51. The van der Waals surface area contributed by atoms with Crippen LogP contribution in [0.4, 0.5) is 5.82 Å². The highest BCUT2D eigenvalue weighted by molar-refractivity contribution is 5.94. The maximum atomic E-state index is 13.4. The molecule has 35 heavy (non-hydrogen) atoms. The molecule has 0 saturated heterocycles. The van der Waals surface area contributed by atoms with Crippen molar-refractivity contribution in [1.29, 1.82) is 0 Å². The molecule has 184 valence electrons. The fraction of sp³-hybridized carbons (Fsp3) is 0.308. The Bertz CT molecular complexity index is 1080. The van der Waals surface area contributed by atoms with E-state index in [2.05, 4.69) is 15.6 Å². The Morgan fingerprint density at radius 1 is 1.06 bits per heavy atom. The van der Waals surface area contributed by atoms with Crippen molar-refractivity contribution in [3.63, 3.8) is 0 Å². The van der Waals surface area contributed by atoms with Crippen molar-refractivity contribution >= 4 is 23.5 Å². The highest BCUT2D eigenvalue weighted by atomic mass is 16.5. The van der Waals surface area contributed by atoms with E-state index in [1.54, 1.807) is 43.6 Å². The second kappa shape index (κ2) is 13.0. The molecule has 2 N–H and O–H groups in total. The van der Waals surface area contributed by atoms with Crippen molar-refractivity contribution in [2.45, 2.75) is 32.4 Å². The molecule has 0 fully saturated rings. The van der Waals surface area contributed by atoms with Gasteiger partial charge in [0.2, 0.25) is 17.7 Å². The lowest BCUT2D eigenvalue weighted by molar-refractivity contribution is -0.142. The largest absolute Gasteiger partial charge is 0.467 e. The van der Waals surface area contributed by atoms with Crippen LogP contribution < -0.4 is 10.6 Å². The Morgan fingerprint density at radius 3 is 2.51 bits per heavy atom. The lowest BCUT2D eigenvalue weighted by atomic mass is 10.0. The molecule has 9 heteroatoms. The van der Waals surface area contributed by atoms with Crippen LogP contribution in [-0.4, -0.2) is 47.9 Å². The number of amides is 3. The second-order valence-corrected chi connectivity index (χ2v) is 7.96. The number of ether oxygens (including phenoxy) is 1. The number of benzene rings is 1. The number of carbonyl (C=O) groups excluding carboxylic acids is 3. The number of anilines is 1. The number of carbonyl (C=O) groups is 3. The molecule has 3 amide bonds. The van der Waals surface area contributed by atoms with Crippen LogP contribution in [-0.2, 0) is 25.7 Å². The van der Waals surface area contributed by atoms with Gasteiger partial charge in [-0.2, -0.15) is 0 Å². The zero-order valence-electron chi connectivity index (χ0n) is 19.9. The van der Waals surface area contributed by atoms with Crippen LogP contribution in [0.1, 0.15) is 35.8 Å². The normalized spacial score (nSPS) is 11.5. The molecule has 0 radical (unpaired) electrons. The maximum Gasteiger partial charge on any atom is 0.247 e. The fourth-order valence-electron chi connectivity index (χ4n) is 3.49. The van der Waals surface area contributed by atoms with Crippen molar-refractivity contribution in [3.8, 4) is 0 Å². The molecule has 2 heterocycles. The lowest BCUT2D eigenvalue weighted by Crippen LogP contribution is -2.44. The van der Waals surface area contributed by atoms with Gasteiger partial charge in [-0.1, -0.05) is 35.9 Å². The average Bonchev–Trinajstić information content (AvgIpc) is 3.37. The smallest absolute Gasteiger partial charge is 0.247 e. The van der Waals surface area contributed by atoms with Crippen LogP contribution in [0.3, 0.4) is 0 Å². The number of furan rings is 1. The zero-order valence-corrected chi connectivity index (χ0v) is 19.9. The lowest BCUT2D eigenvalue weighted by Gasteiger charge is -2.31. The molecule has 9 nitrogen and oxygen atoms in total. The van der Waals surface area contributed by atoms with Gasteiger partial charge in [-0.3, -0.25) is 14.4 Å². The number of pyridine rings is 1. The number of aryl methyl sites for hydroxylation is 1. The molecule has 1 unspecified atom stereocenters. The number of aromatic nitrogens is 1. The molecule has 0 bridgehead atoms. The van der Waals surface area contributed by atoms with Gasteiger partial charge in [0, 0.05) is 32.7 Å². The summed E-state index contributed by atoms with van der Waals surface area (Å²) in [6.45, 7) is 2.66. The molecule has 0 aliphatic rings. The van der Waals surface area contributed by atoms with E-state index in [1.807, 2.05) is 31.2 Å². The van der Waals surface area contributed by atoms with E-state index in [0.29, 0.717) is 30.3 Å². The van der Waals surface area contributed by atoms with Gasteiger partial charge >= 0.3 is 0 Å². The SMILES string of the molecule is COCCNC(=O)C(c1ccc(C)cc1)N(Cc1ccco1)C(=O)CCC(=O)Nc1ccccn1. The standard InChI is InChI=1S/C26H30N4O5/c1-19-8-10-20(11-9-19)25(26(33)28-15-17-34-2)30(18-21-6-5-16-35-21)24(32)13-12-23(31)29-22-7-3-4-14-27-22/h3-11,14,16,25H,12-13,15,17-18H2,1-2H3,(H,28,33)(H,27,29,31). The molecular formula is C26H30N4O5. The second-order valence-electron chi connectivity index (χ2n) is 7.96. The quantitative estimate of drug-likeness (QED) is 0.387. The summed E-state index contributed by atoms with van der Waals surface area (Å²) in [6, 6.07) is 15.1. The van der Waals surface area contributed by atoms with Crippen molar-refractivity contribution < 1.29 is 23.5 Å². The average molecular weight is 479 g/mol. The fourth-order valence-corrected chi connectivity index (χ4v) is 3.49. The maximum absolute atomic E-state index is 13.4. The molecule has 1 atom stereocenters. The summed E-state index contributed by atoms with van der Waals surface area (Å²) in [5.74, 6) is -0.106. The Labute approximate surface area is 204 Å². The minimum atomic E-state index is -0.913. The first-order valence-corrected chi connectivity index (χ1v) is 11.3. The minimum absolute atomic E-state index is 0.0595. The van der Waals surface area contributed by atoms with Gasteiger partial charge in [0.15, 0.2) is 0 Å². The number of nitrogens with zero attached hydrogens (tertiary/aromatic N) is 2. The van der Waals surface area contributed by atoms with Gasteiger partial charge in [0.05, 0.1) is 19.4 Å². The summed E-state index contributed by atoms with van der Waals surface area (Å²) in [5.41, 5.74) is 1.69. The van der Waals surface area contributed by atoms with Crippen LogP contribution in [0.5, 0.6) is 0 Å². The van der Waals surface area contributed by atoms with Gasteiger partial charge in [0.25, 0.3) is 0 Å². The summed E-state index contributed by atoms with van der Waals surface area (Å²) in [4.78, 5) is 44.6. The molecule has 3 aromatic rings. The van der Waals surface area contributed by atoms with Gasteiger partial charge < -0.3 is 24.7 Å². The highest BCUT2D eigenvalue weighted by Crippen LogP contribution is 2.25. The van der Waals surface area contributed by atoms with E-state index in [9.17, 15) is 14.4 Å². The van der Waals surface area contributed by atoms with Gasteiger partial charge in [-0.25, -0.2) is 4.98 Å². The van der Waals surface area contributed by atoms with Crippen LogP contribution in [0, 0.1) is 6.92 Å². The monoisotopic (exact) mass is 478 g/mol. The Kier molecular flexibility index (Phi) is 9.56.